The molecule has 0 heterocycles. The molecule has 0 unspecified atom stereocenters. The van der Waals surface area contributed by atoms with Crippen molar-refractivity contribution in [3.63, 3.8) is 0 Å². The first-order valence-electron chi connectivity index (χ1n) is 9.26. The van der Waals surface area contributed by atoms with Gasteiger partial charge in [0.25, 0.3) is 21.8 Å². The minimum Gasteiger partial charge on any atom is -0.280 e. The Labute approximate surface area is 175 Å². The molecular formula is C22H21N3O4S. The van der Waals surface area contributed by atoms with E-state index in [0.717, 1.165) is 12.0 Å². The molecule has 3 aromatic carbocycles. The van der Waals surface area contributed by atoms with Crippen LogP contribution in [0.5, 0.6) is 0 Å². The summed E-state index contributed by atoms with van der Waals surface area (Å²) in [5.41, 5.74) is 6.82. The highest BCUT2D eigenvalue weighted by Crippen LogP contribution is 2.16. The fourth-order valence-electron chi connectivity index (χ4n) is 2.65. The van der Waals surface area contributed by atoms with E-state index in [2.05, 4.69) is 15.6 Å². The number of anilines is 1. The fraction of sp³-hybridized carbons (Fsp3) is 0.0909. The van der Waals surface area contributed by atoms with Crippen LogP contribution in [0.1, 0.15) is 33.2 Å². The number of amides is 2. The molecule has 0 bridgehead atoms. The van der Waals surface area contributed by atoms with Crippen LogP contribution >= 0.6 is 0 Å². The van der Waals surface area contributed by atoms with Crippen molar-refractivity contribution in [1.82, 2.24) is 10.9 Å². The highest BCUT2D eigenvalue weighted by atomic mass is 32.2. The Bertz CT molecular complexity index is 1130. The third-order valence-corrected chi connectivity index (χ3v) is 5.76. The van der Waals surface area contributed by atoms with Gasteiger partial charge in [0.2, 0.25) is 0 Å². The summed E-state index contributed by atoms with van der Waals surface area (Å²) < 4.78 is 27.1. The number of hydrogen-bond acceptors (Lipinski definition) is 4. The van der Waals surface area contributed by atoms with Gasteiger partial charge in [-0.2, -0.15) is 0 Å². The van der Waals surface area contributed by atoms with Gasteiger partial charge in [0, 0.05) is 16.8 Å². The monoisotopic (exact) mass is 423 g/mol. The van der Waals surface area contributed by atoms with Crippen molar-refractivity contribution in [3.8, 4) is 0 Å². The zero-order valence-electron chi connectivity index (χ0n) is 16.3. The third kappa shape index (κ3) is 5.24. The minimum atomic E-state index is -3.71. The fourth-order valence-corrected chi connectivity index (χ4v) is 3.73. The Morgan fingerprint density at radius 3 is 1.73 bits per heavy atom. The molecule has 0 atom stereocenters. The maximum absolute atomic E-state index is 12.3. The van der Waals surface area contributed by atoms with Crippen LogP contribution in [0.3, 0.4) is 0 Å². The van der Waals surface area contributed by atoms with Crippen LogP contribution in [0, 0.1) is 0 Å². The van der Waals surface area contributed by atoms with Crippen molar-refractivity contribution >= 4 is 27.5 Å². The highest BCUT2D eigenvalue weighted by Gasteiger charge is 2.14. The number of aryl methyl sites for hydroxylation is 1. The van der Waals surface area contributed by atoms with Gasteiger partial charge in [0.15, 0.2) is 0 Å². The average molecular weight is 423 g/mol. The Balaban J connectivity index is 1.59. The number of rotatable bonds is 6. The lowest BCUT2D eigenvalue weighted by Crippen LogP contribution is -2.41. The van der Waals surface area contributed by atoms with Crippen LogP contribution in [0.15, 0.2) is 83.8 Å². The molecule has 8 heteroatoms. The summed E-state index contributed by atoms with van der Waals surface area (Å²) in [6, 6.07) is 20.9. The number of hydrazine groups is 1. The largest absolute Gasteiger partial charge is 0.280 e. The summed E-state index contributed by atoms with van der Waals surface area (Å²) in [6.45, 7) is 2.02. The lowest BCUT2D eigenvalue weighted by molar-refractivity contribution is 0.0846. The first-order valence-corrected chi connectivity index (χ1v) is 10.7. The number of carbonyl (C=O) groups excluding carboxylic acids is 2. The predicted octanol–water partition coefficient (Wildman–Crippen LogP) is 3.12. The van der Waals surface area contributed by atoms with E-state index < -0.39 is 21.8 Å². The number of benzene rings is 3. The van der Waals surface area contributed by atoms with Gasteiger partial charge >= 0.3 is 0 Å². The first-order chi connectivity index (χ1) is 14.4. The lowest BCUT2D eigenvalue weighted by atomic mass is 10.1. The molecule has 0 radical (unpaired) electrons. The number of carbonyl (C=O) groups is 2. The second-order valence-electron chi connectivity index (χ2n) is 6.45. The molecule has 154 valence electrons. The Kier molecular flexibility index (Phi) is 6.48. The van der Waals surface area contributed by atoms with E-state index in [1.165, 1.54) is 36.4 Å². The van der Waals surface area contributed by atoms with E-state index in [1.807, 2.05) is 19.1 Å². The third-order valence-electron chi connectivity index (χ3n) is 4.37. The minimum absolute atomic E-state index is 0.140. The standard InChI is InChI=1S/C22H21N3O4S/c1-2-16-8-10-17(11-9-16)21(26)23-24-22(27)18-12-14-19(15-13-18)25-30(28,29)20-6-4-3-5-7-20/h3-15,25H,2H2,1H3,(H,23,26)(H,24,27). The highest BCUT2D eigenvalue weighted by molar-refractivity contribution is 7.92. The van der Waals surface area contributed by atoms with Crippen molar-refractivity contribution in [3.05, 3.63) is 95.6 Å². The molecule has 3 rings (SSSR count). The summed E-state index contributed by atoms with van der Waals surface area (Å²) >= 11 is 0. The maximum Gasteiger partial charge on any atom is 0.269 e. The molecule has 7 nitrogen and oxygen atoms in total. The van der Waals surface area contributed by atoms with E-state index in [4.69, 9.17) is 0 Å². The molecule has 3 N–H and O–H groups in total. The van der Waals surface area contributed by atoms with Crippen molar-refractivity contribution in [1.29, 1.82) is 0 Å². The Hall–Kier alpha value is -3.65. The van der Waals surface area contributed by atoms with Crippen LogP contribution in [0.25, 0.3) is 0 Å². The second-order valence-corrected chi connectivity index (χ2v) is 8.14. The van der Waals surface area contributed by atoms with Crippen LogP contribution in [0.4, 0.5) is 5.69 Å². The maximum atomic E-state index is 12.3. The molecule has 0 saturated carbocycles. The quantitative estimate of drug-likeness (QED) is 0.530. The van der Waals surface area contributed by atoms with E-state index in [0.29, 0.717) is 11.3 Å². The molecule has 0 aliphatic heterocycles. The molecule has 30 heavy (non-hydrogen) atoms. The van der Waals surface area contributed by atoms with Gasteiger partial charge in [-0.05, 0) is 60.5 Å². The van der Waals surface area contributed by atoms with Gasteiger partial charge in [-0.1, -0.05) is 37.3 Å². The Morgan fingerprint density at radius 1 is 0.733 bits per heavy atom. The number of sulfonamides is 1. The summed E-state index contributed by atoms with van der Waals surface area (Å²) in [7, 11) is -3.71. The van der Waals surface area contributed by atoms with E-state index in [1.54, 1.807) is 30.3 Å². The smallest absolute Gasteiger partial charge is 0.269 e. The van der Waals surface area contributed by atoms with Crippen molar-refractivity contribution in [2.75, 3.05) is 4.72 Å². The van der Waals surface area contributed by atoms with Gasteiger partial charge in [-0.25, -0.2) is 8.42 Å². The summed E-state index contributed by atoms with van der Waals surface area (Å²) in [6.07, 6.45) is 0.871. The molecule has 0 saturated heterocycles. The molecule has 0 spiro atoms. The van der Waals surface area contributed by atoms with Crippen LogP contribution in [-0.4, -0.2) is 20.2 Å². The summed E-state index contributed by atoms with van der Waals surface area (Å²) in [5, 5.41) is 0. The van der Waals surface area contributed by atoms with Gasteiger partial charge in [-0.3, -0.25) is 25.2 Å². The van der Waals surface area contributed by atoms with Gasteiger partial charge in [-0.15, -0.1) is 0 Å². The molecule has 3 aromatic rings. The first kappa shape index (κ1) is 21.1. The predicted molar refractivity (Wildman–Crippen MR) is 114 cm³/mol. The molecule has 0 aromatic heterocycles. The van der Waals surface area contributed by atoms with E-state index >= 15 is 0 Å². The number of hydrogen-bond donors (Lipinski definition) is 3. The molecule has 2 amide bonds. The van der Waals surface area contributed by atoms with Crippen molar-refractivity contribution in [2.45, 2.75) is 18.2 Å². The zero-order chi connectivity index (χ0) is 21.6. The summed E-state index contributed by atoms with van der Waals surface area (Å²) in [5.74, 6) is -0.954. The molecule has 0 aliphatic carbocycles. The van der Waals surface area contributed by atoms with Crippen molar-refractivity contribution < 1.29 is 18.0 Å². The molecular weight excluding hydrogens is 402 g/mol. The average Bonchev–Trinajstić information content (AvgIpc) is 2.78. The lowest BCUT2D eigenvalue weighted by Gasteiger charge is -2.10. The van der Waals surface area contributed by atoms with Gasteiger partial charge in [0.1, 0.15) is 0 Å². The second kappa shape index (κ2) is 9.23. The SMILES string of the molecule is CCc1ccc(C(=O)NNC(=O)c2ccc(NS(=O)(=O)c3ccccc3)cc2)cc1. The summed E-state index contributed by atoms with van der Waals surface area (Å²) in [4.78, 5) is 24.5. The molecule has 0 fully saturated rings. The Morgan fingerprint density at radius 2 is 1.23 bits per heavy atom. The van der Waals surface area contributed by atoms with Crippen LogP contribution < -0.4 is 15.6 Å². The van der Waals surface area contributed by atoms with E-state index in [9.17, 15) is 18.0 Å². The van der Waals surface area contributed by atoms with Gasteiger partial charge in [0.05, 0.1) is 4.90 Å². The van der Waals surface area contributed by atoms with Crippen LogP contribution in [0.2, 0.25) is 0 Å². The van der Waals surface area contributed by atoms with Crippen LogP contribution in [-0.2, 0) is 16.4 Å². The normalized spacial score (nSPS) is 10.8. The topological polar surface area (TPSA) is 104 Å². The molecule has 0 aliphatic rings. The van der Waals surface area contributed by atoms with E-state index in [-0.39, 0.29) is 10.5 Å². The zero-order valence-corrected chi connectivity index (χ0v) is 17.1. The van der Waals surface area contributed by atoms with Crippen molar-refractivity contribution in [2.24, 2.45) is 0 Å². The number of nitrogens with one attached hydrogen (secondary N) is 3. The van der Waals surface area contributed by atoms with Gasteiger partial charge < -0.3 is 0 Å².